The van der Waals surface area contributed by atoms with E-state index in [1.807, 2.05) is 0 Å². The molecule has 1 saturated carbocycles. The standard InChI is InChI=1S/C17H32N2O/c1-15(14-19-11-5-6-12-19)18-13-16-7-10-17(20-16)8-3-2-4-9-17/h15-16,18H,2-14H2,1H3. The summed E-state index contributed by atoms with van der Waals surface area (Å²) in [7, 11) is 0. The minimum atomic E-state index is 0.281. The first-order valence-electron chi connectivity index (χ1n) is 8.89. The Balaban J connectivity index is 1.36. The first-order valence-corrected chi connectivity index (χ1v) is 8.89. The van der Waals surface area contributed by atoms with Crippen LogP contribution in [-0.4, -0.2) is 48.8 Å². The van der Waals surface area contributed by atoms with Crippen LogP contribution in [0.4, 0.5) is 0 Å². The predicted molar refractivity (Wildman–Crippen MR) is 83.1 cm³/mol. The summed E-state index contributed by atoms with van der Waals surface area (Å²) in [5, 5.41) is 3.71. The van der Waals surface area contributed by atoms with E-state index in [0.717, 1.165) is 6.54 Å². The van der Waals surface area contributed by atoms with Gasteiger partial charge in [0.25, 0.3) is 0 Å². The smallest absolute Gasteiger partial charge is 0.0708 e. The van der Waals surface area contributed by atoms with Crippen molar-refractivity contribution in [3.8, 4) is 0 Å². The number of rotatable bonds is 5. The van der Waals surface area contributed by atoms with E-state index in [2.05, 4.69) is 17.1 Å². The normalized spacial score (nSPS) is 31.9. The van der Waals surface area contributed by atoms with E-state index >= 15 is 0 Å². The van der Waals surface area contributed by atoms with Crippen molar-refractivity contribution in [2.24, 2.45) is 0 Å². The molecule has 3 fully saturated rings. The van der Waals surface area contributed by atoms with Gasteiger partial charge in [0, 0.05) is 19.1 Å². The summed E-state index contributed by atoms with van der Waals surface area (Å²) in [6, 6.07) is 0.597. The summed E-state index contributed by atoms with van der Waals surface area (Å²) in [5.74, 6) is 0. The second-order valence-electron chi connectivity index (χ2n) is 7.34. The average molecular weight is 280 g/mol. The fourth-order valence-electron chi connectivity index (χ4n) is 4.35. The maximum absolute atomic E-state index is 6.43. The van der Waals surface area contributed by atoms with Gasteiger partial charge in [0.05, 0.1) is 11.7 Å². The van der Waals surface area contributed by atoms with Crippen molar-refractivity contribution in [3.63, 3.8) is 0 Å². The molecule has 0 aromatic carbocycles. The predicted octanol–water partition coefficient (Wildman–Crippen LogP) is 2.94. The van der Waals surface area contributed by atoms with Crippen LogP contribution in [0.2, 0.25) is 0 Å². The molecule has 1 N–H and O–H groups in total. The number of nitrogens with zero attached hydrogens (tertiary/aromatic N) is 1. The Morgan fingerprint density at radius 2 is 1.85 bits per heavy atom. The Morgan fingerprint density at radius 3 is 2.60 bits per heavy atom. The molecular formula is C17H32N2O. The van der Waals surface area contributed by atoms with Gasteiger partial charge in [-0.05, 0) is 58.5 Å². The lowest BCUT2D eigenvalue weighted by Crippen LogP contribution is -2.42. The molecule has 1 aliphatic carbocycles. The fraction of sp³-hybridized carbons (Fsp3) is 1.00. The molecule has 0 aromatic rings. The zero-order chi connectivity index (χ0) is 13.8. The summed E-state index contributed by atoms with van der Waals surface area (Å²) in [6.07, 6.45) is 12.6. The Bertz CT molecular complexity index is 295. The van der Waals surface area contributed by atoms with Crippen molar-refractivity contribution in [1.29, 1.82) is 0 Å². The van der Waals surface area contributed by atoms with Gasteiger partial charge in [0.2, 0.25) is 0 Å². The van der Waals surface area contributed by atoms with Crippen molar-refractivity contribution in [1.82, 2.24) is 10.2 Å². The van der Waals surface area contributed by atoms with Crippen molar-refractivity contribution < 1.29 is 4.74 Å². The quantitative estimate of drug-likeness (QED) is 0.838. The molecule has 2 unspecified atom stereocenters. The molecule has 3 heteroatoms. The lowest BCUT2D eigenvalue weighted by molar-refractivity contribution is -0.0629. The highest BCUT2D eigenvalue weighted by Gasteiger charge is 2.40. The van der Waals surface area contributed by atoms with Crippen LogP contribution in [0.1, 0.15) is 64.7 Å². The monoisotopic (exact) mass is 280 g/mol. The maximum atomic E-state index is 6.43. The van der Waals surface area contributed by atoms with Crippen LogP contribution in [-0.2, 0) is 4.74 Å². The molecule has 116 valence electrons. The van der Waals surface area contributed by atoms with Crippen LogP contribution in [0.15, 0.2) is 0 Å². The van der Waals surface area contributed by atoms with Crippen LogP contribution in [0, 0.1) is 0 Å². The van der Waals surface area contributed by atoms with E-state index in [1.54, 1.807) is 0 Å². The average Bonchev–Trinajstić information content (AvgIpc) is 3.08. The molecule has 0 amide bonds. The molecule has 20 heavy (non-hydrogen) atoms. The van der Waals surface area contributed by atoms with E-state index < -0.39 is 0 Å². The molecule has 2 aliphatic heterocycles. The first-order chi connectivity index (χ1) is 9.76. The zero-order valence-corrected chi connectivity index (χ0v) is 13.2. The fourth-order valence-corrected chi connectivity index (χ4v) is 4.35. The molecule has 3 nitrogen and oxygen atoms in total. The molecule has 0 radical (unpaired) electrons. The van der Waals surface area contributed by atoms with Crippen LogP contribution in [0.3, 0.4) is 0 Å². The molecular weight excluding hydrogens is 248 g/mol. The van der Waals surface area contributed by atoms with Gasteiger partial charge < -0.3 is 15.0 Å². The number of hydrogen-bond donors (Lipinski definition) is 1. The Morgan fingerprint density at radius 1 is 1.10 bits per heavy atom. The summed E-state index contributed by atoms with van der Waals surface area (Å²) in [4.78, 5) is 2.59. The van der Waals surface area contributed by atoms with Crippen LogP contribution in [0.25, 0.3) is 0 Å². The molecule has 2 heterocycles. The van der Waals surface area contributed by atoms with Gasteiger partial charge in [-0.3, -0.25) is 0 Å². The zero-order valence-electron chi connectivity index (χ0n) is 13.2. The van der Waals surface area contributed by atoms with Gasteiger partial charge >= 0.3 is 0 Å². The molecule has 3 rings (SSSR count). The summed E-state index contributed by atoms with van der Waals surface area (Å²) in [5.41, 5.74) is 0.281. The topological polar surface area (TPSA) is 24.5 Å². The van der Waals surface area contributed by atoms with Gasteiger partial charge in [0.1, 0.15) is 0 Å². The maximum Gasteiger partial charge on any atom is 0.0708 e. The van der Waals surface area contributed by atoms with Gasteiger partial charge in [-0.1, -0.05) is 19.3 Å². The van der Waals surface area contributed by atoms with Crippen molar-refractivity contribution in [3.05, 3.63) is 0 Å². The molecule has 2 atom stereocenters. The number of nitrogens with one attached hydrogen (secondary N) is 1. The van der Waals surface area contributed by atoms with Crippen molar-refractivity contribution in [2.75, 3.05) is 26.2 Å². The third-order valence-corrected chi connectivity index (χ3v) is 5.53. The van der Waals surface area contributed by atoms with E-state index in [9.17, 15) is 0 Å². The largest absolute Gasteiger partial charge is 0.370 e. The second-order valence-corrected chi connectivity index (χ2v) is 7.34. The van der Waals surface area contributed by atoms with Crippen LogP contribution >= 0.6 is 0 Å². The van der Waals surface area contributed by atoms with Gasteiger partial charge in [-0.25, -0.2) is 0 Å². The van der Waals surface area contributed by atoms with E-state index in [1.165, 1.54) is 77.4 Å². The molecule has 0 bridgehead atoms. The highest BCUT2D eigenvalue weighted by atomic mass is 16.5. The number of likely N-dealkylation sites (tertiary alicyclic amines) is 1. The van der Waals surface area contributed by atoms with Crippen molar-refractivity contribution >= 4 is 0 Å². The van der Waals surface area contributed by atoms with E-state index in [-0.39, 0.29) is 5.60 Å². The highest BCUT2D eigenvalue weighted by Crippen LogP contribution is 2.41. The van der Waals surface area contributed by atoms with E-state index in [4.69, 9.17) is 4.74 Å². The SMILES string of the molecule is CC(CN1CCCC1)NCC1CCC2(CCCCC2)O1. The Hall–Kier alpha value is -0.120. The summed E-state index contributed by atoms with van der Waals surface area (Å²) < 4.78 is 6.43. The lowest BCUT2D eigenvalue weighted by atomic mass is 9.83. The Labute approximate surface area is 124 Å². The molecule has 0 aromatic heterocycles. The third kappa shape index (κ3) is 3.75. The van der Waals surface area contributed by atoms with E-state index in [0.29, 0.717) is 12.1 Å². The minimum Gasteiger partial charge on any atom is -0.370 e. The van der Waals surface area contributed by atoms with Crippen LogP contribution in [0.5, 0.6) is 0 Å². The number of hydrogen-bond acceptors (Lipinski definition) is 3. The summed E-state index contributed by atoms with van der Waals surface area (Å²) in [6.45, 7) is 7.18. The first kappa shape index (κ1) is 14.8. The van der Waals surface area contributed by atoms with Gasteiger partial charge in [-0.2, -0.15) is 0 Å². The van der Waals surface area contributed by atoms with Gasteiger partial charge in [-0.15, -0.1) is 0 Å². The highest BCUT2D eigenvalue weighted by molar-refractivity contribution is 4.92. The molecule has 1 spiro atoms. The lowest BCUT2D eigenvalue weighted by Gasteiger charge is -2.33. The van der Waals surface area contributed by atoms with Gasteiger partial charge in [0.15, 0.2) is 0 Å². The number of ether oxygens (including phenoxy) is 1. The minimum absolute atomic E-state index is 0.281. The Kier molecular flexibility index (Phi) is 5.00. The second kappa shape index (κ2) is 6.76. The van der Waals surface area contributed by atoms with Crippen LogP contribution < -0.4 is 5.32 Å². The molecule has 2 saturated heterocycles. The van der Waals surface area contributed by atoms with Crippen molar-refractivity contribution in [2.45, 2.75) is 82.5 Å². The summed E-state index contributed by atoms with van der Waals surface area (Å²) >= 11 is 0. The third-order valence-electron chi connectivity index (χ3n) is 5.53. The molecule has 3 aliphatic rings.